The first-order valence-corrected chi connectivity index (χ1v) is 9.43. The van der Waals surface area contributed by atoms with Crippen molar-refractivity contribution in [2.45, 2.75) is 44.9 Å². The molecule has 0 bridgehead atoms. The van der Waals surface area contributed by atoms with E-state index >= 15 is 0 Å². The van der Waals surface area contributed by atoms with Gasteiger partial charge in [0.15, 0.2) is 0 Å². The van der Waals surface area contributed by atoms with E-state index < -0.39 is 0 Å². The minimum absolute atomic E-state index is 0.347. The number of rotatable bonds is 5. The Morgan fingerprint density at radius 1 is 1.08 bits per heavy atom. The Bertz CT molecular complexity index is 532. The average Bonchev–Trinajstić information content (AvgIpc) is 2.67. The topological polar surface area (TPSA) is 32.8 Å². The van der Waals surface area contributed by atoms with E-state index in [0.717, 1.165) is 56.4 Å². The molecule has 0 aromatic heterocycles. The van der Waals surface area contributed by atoms with Gasteiger partial charge in [0.25, 0.3) is 0 Å². The lowest BCUT2D eigenvalue weighted by atomic mass is 9.86. The van der Waals surface area contributed by atoms with E-state index in [2.05, 4.69) is 15.9 Å². The van der Waals surface area contributed by atoms with Crippen LogP contribution in [0.1, 0.15) is 44.9 Å². The molecule has 0 atom stereocenters. The van der Waals surface area contributed by atoms with Crippen LogP contribution in [0.2, 0.25) is 0 Å². The molecule has 0 unspecified atom stereocenters. The Morgan fingerprint density at radius 2 is 1.79 bits per heavy atom. The van der Waals surface area contributed by atoms with Gasteiger partial charge in [0.05, 0.1) is 12.8 Å². The highest BCUT2D eigenvalue weighted by atomic mass is 16.5. The minimum Gasteiger partial charge on any atom is -0.495 e. The van der Waals surface area contributed by atoms with Crippen molar-refractivity contribution in [3.05, 3.63) is 24.3 Å². The lowest BCUT2D eigenvalue weighted by molar-refractivity contribution is -0.131. The molecule has 1 saturated heterocycles. The quantitative estimate of drug-likeness (QED) is 0.825. The normalized spacial score (nSPS) is 19.4. The fourth-order valence-corrected chi connectivity index (χ4v) is 4.05. The number of carbonyl (C=O) groups excluding carboxylic acids is 1. The standard InChI is InChI=1S/C20H30N2O2/c1-24-19-10-6-5-9-18(19)21-13-15-22(16-14-21)20(23)12-11-17-7-3-2-4-8-17/h5-6,9-10,17H,2-4,7-8,11-16H2,1H3. The summed E-state index contributed by atoms with van der Waals surface area (Å²) in [5.41, 5.74) is 1.13. The molecule has 0 N–H and O–H groups in total. The molecule has 0 radical (unpaired) electrons. The molecule has 4 nitrogen and oxygen atoms in total. The number of benzene rings is 1. The van der Waals surface area contributed by atoms with Crippen molar-refractivity contribution >= 4 is 11.6 Å². The predicted molar refractivity (Wildman–Crippen MR) is 97.6 cm³/mol. The van der Waals surface area contributed by atoms with E-state index in [-0.39, 0.29) is 0 Å². The van der Waals surface area contributed by atoms with Gasteiger partial charge in [-0.15, -0.1) is 0 Å². The third kappa shape index (κ3) is 4.22. The van der Waals surface area contributed by atoms with Crippen LogP contribution in [0.25, 0.3) is 0 Å². The van der Waals surface area contributed by atoms with E-state index in [0.29, 0.717) is 5.91 Å². The molecular weight excluding hydrogens is 300 g/mol. The Morgan fingerprint density at radius 3 is 2.50 bits per heavy atom. The van der Waals surface area contributed by atoms with Gasteiger partial charge in [0.1, 0.15) is 5.75 Å². The lowest BCUT2D eigenvalue weighted by Crippen LogP contribution is -2.48. The largest absolute Gasteiger partial charge is 0.495 e. The molecule has 1 saturated carbocycles. The lowest BCUT2D eigenvalue weighted by Gasteiger charge is -2.37. The maximum atomic E-state index is 12.5. The highest BCUT2D eigenvalue weighted by Gasteiger charge is 2.23. The number of hydrogen-bond acceptors (Lipinski definition) is 3. The molecule has 1 heterocycles. The second-order valence-corrected chi connectivity index (χ2v) is 7.08. The van der Waals surface area contributed by atoms with Crippen molar-refractivity contribution in [1.29, 1.82) is 0 Å². The zero-order chi connectivity index (χ0) is 16.8. The molecule has 1 aliphatic heterocycles. The summed E-state index contributed by atoms with van der Waals surface area (Å²) in [5.74, 6) is 2.05. The first-order chi connectivity index (χ1) is 11.8. The third-order valence-corrected chi connectivity index (χ3v) is 5.55. The van der Waals surface area contributed by atoms with E-state index in [1.165, 1.54) is 32.1 Å². The highest BCUT2D eigenvalue weighted by molar-refractivity contribution is 5.76. The summed E-state index contributed by atoms with van der Waals surface area (Å²) >= 11 is 0. The Labute approximate surface area is 145 Å². The van der Waals surface area contributed by atoms with Crippen LogP contribution in [-0.4, -0.2) is 44.1 Å². The molecular formula is C20H30N2O2. The van der Waals surface area contributed by atoms with Crippen molar-refractivity contribution in [1.82, 2.24) is 4.90 Å². The van der Waals surface area contributed by atoms with Crippen molar-refractivity contribution in [3.63, 3.8) is 0 Å². The highest BCUT2D eigenvalue weighted by Crippen LogP contribution is 2.29. The summed E-state index contributed by atoms with van der Waals surface area (Å²) in [6, 6.07) is 8.13. The average molecular weight is 330 g/mol. The summed E-state index contributed by atoms with van der Waals surface area (Å²) in [5, 5.41) is 0. The van der Waals surface area contributed by atoms with Crippen molar-refractivity contribution in [2.24, 2.45) is 5.92 Å². The molecule has 2 fully saturated rings. The van der Waals surface area contributed by atoms with Crippen LogP contribution in [-0.2, 0) is 4.79 Å². The SMILES string of the molecule is COc1ccccc1N1CCN(C(=O)CCC2CCCCC2)CC1. The van der Waals surface area contributed by atoms with Gasteiger partial charge in [-0.05, 0) is 24.5 Å². The van der Waals surface area contributed by atoms with Crippen molar-refractivity contribution < 1.29 is 9.53 Å². The van der Waals surface area contributed by atoms with Crippen molar-refractivity contribution in [2.75, 3.05) is 38.2 Å². The van der Waals surface area contributed by atoms with Crippen LogP contribution >= 0.6 is 0 Å². The number of hydrogen-bond donors (Lipinski definition) is 0. The second kappa shape index (κ2) is 8.41. The number of ether oxygens (including phenoxy) is 1. The number of para-hydroxylation sites is 2. The summed E-state index contributed by atoms with van der Waals surface area (Å²) in [7, 11) is 1.71. The number of nitrogens with zero attached hydrogens (tertiary/aromatic N) is 2. The smallest absolute Gasteiger partial charge is 0.222 e. The summed E-state index contributed by atoms with van der Waals surface area (Å²) in [4.78, 5) is 16.9. The number of piperazine rings is 1. The first-order valence-electron chi connectivity index (χ1n) is 9.43. The van der Waals surface area contributed by atoms with Gasteiger partial charge in [0, 0.05) is 32.6 Å². The Balaban J connectivity index is 1.46. The molecule has 0 spiro atoms. The van der Waals surface area contributed by atoms with E-state index in [1.807, 2.05) is 18.2 Å². The molecule has 4 heteroatoms. The van der Waals surface area contributed by atoms with E-state index in [4.69, 9.17) is 4.74 Å². The summed E-state index contributed by atoms with van der Waals surface area (Å²) < 4.78 is 5.46. The Kier molecular flexibility index (Phi) is 6.00. The minimum atomic E-state index is 0.347. The molecule has 24 heavy (non-hydrogen) atoms. The molecule has 1 amide bonds. The number of anilines is 1. The predicted octanol–water partition coefficient (Wildman–Crippen LogP) is 3.70. The molecule has 3 rings (SSSR count). The van der Waals surface area contributed by atoms with Crippen molar-refractivity contribution in [3.8, 4) is 5.75 Å². The van der Waals surface area contributed by atoms with Crippen LogP contribution in [0, 0.1) is 5.92 Å². The van der Waals surface area contributed by atoms with Crippen LogP contribution in [0.5, 0.6) is 5.75 Å². The number of carbonyl (C=O) groups is 1. The van der Waals surface area contributed by atoms with Crippen LogP contribution in [0.4, 0.5) is 5.69 Å². The zero-order valence-corrected chi connectivity index (χ0v) is 14.9. The molecule has 1 aromatic carbocycles. The van der Waals surface area contributed by atoms with Gasteiger partial charge in [-0.2, -0.15) is 0 Å². The van der Waals surface area contributed by atoms with Crippen LogP contribution in [0.3, 0.4) is 0 Å². The molecule has 1 aromatic rings. The third-order valence-electron chi connectivity index (χ3n) is 5.55. The van der Waals surface area contributed by atoms with E-state index in [1.54, 1.807) is 7.11 Å². The fourth-order valence-electron chi connectivity index (χ4n) is 4.05. The number of amides is 1. The number of methoxy groups -OCH3 is 1. The van der Waals surface area contributed by atoms with Gasteiger partial charge >= 0.3 is 0 Å². The monoisotopic (exact) mass is 330 g/mol. The fraction of sp³-hybridized carbons (Fsp3) is 0.650. The van der Waals surface area contributed by atoms with Gasteiger partial charge < -0.3 is 14.5 Å². The van der Waals surface area contributed by atoms with Crippen LogP contribution in [0.15, 0.2) is 24.3 Å². The maximum Gasteiger partial charge on any atom is 0.222 e. The zero-order valence-electron chi connectivity index (χ0n) is 14.9. The maximum absolute atomic E-state index is 12.5. The molecule has 1 aliphatic carbocycles. The molecule has 132 valence electrons. The summed E-state index contributed by atoms with van der Waals surface area (Å²) in [6.07, 6.45) is 8.58. The van der Waals surface area contributed by atoms with Gasteiger partial charge in [-0.25, -0.2) is 0 Å². The van der Waals surface area contributed by atoms with Gasteiger partial charge in [-0.3, -0.25) is 4.79 Å². The molecule has 2 aliphatic rings. The Hall–Kier alpha value is -1.71. The summed E-state index contributed by atoms with van der Waals surface area (Å²) in [6.45, 7) is 3.41. The van der Waals surface area contributed by atoms with Gasteiger partial charge in [-0.1, -0.05) is 44.2 Å². The van der Waals surface area contributed by atoms with Crippen LogP contribution < -0.4 is 9.64 Å². The van der Waals surface area contributed by atoms with Gasteiger partial charge in [0.2, 0.25) is 5.91 Å². The second-order valence-electron chi connectivity index (χ2n) is 7.08. The first kappa shape index (κ1) is 17.1. The van der Waals surface area contributed by atoms with E-state index in [9.17, 15) is 4.79 Å².